The molecule has 1 N–H and O–H groups in total. The van der Waals surface area contributed by atoms with Crippen LogP contribution in [-0.2, 0) is 4.79 Å². The first-order chi connectivity index (χ1) is 10.9. The zero-order valence-electron chi connectivity index (χ0n) is 14.2. The first-order valence-electron chi connectivity index (χ1n) is 8.25. The van der Waals surface area contributed by atoms with Gasteiger partial charge in [0, 0.05) is 24.8 Å². The molecule has 0 aliphatic carbocycles. The summed E-state index contributed by atoms with van der Waals surface area (Å²) in [5, 5.41) is 0. The molecule has 0 radical (unpaired) electrons. The fourth-order valence-corrected chi connectivity index (χ4v) is 3.48. The highest BCUT2D eigenvalue weighted by molar-refractivity contribution is 5.98. The molecule has 0 spiro atoms. The molecular weight excluding hydrogens is 330 g/mol. The quantitative estimate of drug-likeness (QED) is 0.880. The van der Waals surface area contributed by atoms with E-state index in [4.69, 9.17) is 0 Å². The molecule has 0 unspecified atom stereocenters. The predicted octanol–water partition coefficient (Wildman–Crippen LogP) is 1.76. The van der Waals surface area contributed by atoms with Gasteiger partial charge >= 0.3 is 0 Å². The summed E-state index contributed by atoms with van der Waals surface area (Å²) in [4.78, 5) is 43.6. The second-order valence-corrected chi connectivity index (χ2v) is 6.77. The lowest BCUT2D eigenvalue weighted by molar-refractivity contribution is -0.141. The molecule has 6 nitrogen and oxygen atoms in total. The van der Waals surface area contributed by atoms with E-state index in [1.807, 2.05) is 18.7 Å². The van der Waals surface area contributed by atoms with Crippen molar-refractivity contribution >= 4 is 24.2 Å². The number of fused-ring (bicyclic) bond motifs is 1. The van der Waals surface area contributed by atoms with Crippen molar-refractivity contribution in [1.29, 1.82) is 0 Å². The standard InChI is InChI=1S/C17H23N3O3.ClH/c1-10(2)14-7-6-13(15(21)18-14)17(23)20-9-12-5-4-8-19(12)16(22)11(20)3;/h6-7,10-12H,4-5,8-9H2,1-3H3,(H,18,21);1H/t11-,12-;/m0./s1. The zero-order valence-corrected chi connectivity index (χ0v) is 15.1. The first kappa shape index (κ1) is 18.5. The van der Waals surface area contributed by atoms with Crippen LogP contribution in [0, 0.1) is 0 Å². The first-order valence-corrected chi connectivity index (χ1v) is 8.25. The zero-order chi connectivity index (χ0) is 16.7. The summed E-state index contributed by atoms with van der Waals surface area (Å²) >= 11 is 0. The Labute approximate surface area is 147 Å². The van der Waals surface area contributed by atoms with Gasteiger partial charge in [0.1, 0.15) is 11.6 Å². The van der Waals surface area contributed by atoms with Gasteiger partial charge in [0.2, 0.25) is 5.91 Å². The number of aromatic amines is 1. The van der Waals surface area contributed by atoms with Crippen molar-refractivity contribution in [3.8, 4) is 0 Å². The third kappa shape index (κ3) is 3.07. The summed E-state index contributed by atoms with van der Waals surface area (Å²) in [6.45, 7) is 6.99. The molecule has 2 fully saturated rings. The Bertz CT molecular complexity index is 701. The molecule has 0 aromatic carbocycles. The van der Waals surface area contributed by atoms with E-state index in [1.54, 1.807) is 24.0 Å². The number of nitrogens with one attached hydrogen (secondary N) is 1. The Balaban J connectivity index is 0.00000208. The smallest absolute Gasteiger partial charge is 0.261 e. The van der Waals surface area contributed by atoms with Gasteiger partial charge in [-0.05, 0) is 37.8 Å². The number of nitrogens with zero attached hydrogens (tertiary/aromatic N) is 2. The summed E-state index contributed by atoms with van der Waals surface area (Å²) in [6.07, 6.45) is 1.90. The number of halogens is 1. The van der Waals surface area contributed by atoms with Crippen molar-refractivity contribution in [2.45, 2.75) is 51.6 Å². The predicted molar refractivity (Wildman–Crippen MR) is 93.6 cm³/mol. The Kier molecular flexibility index (Phi) is 5.38. The molecule has 2 aliphatic heterocycles. The number of amides is 2. The topological polar surface area (TPSA) is 73.5 Å². The number of pyridine rings is 1. The summed E-state index contributed by atoms with van der Waals surface area (Å²) in [5.74, 6) is -0.175. The highest BCUT2D eigenvalue weighted by atomic mass is 35.5. The minimum absolute atomic E-state index is 0. The molecule has 2 saturated heterocycles. The van der Waals surface area contributed by atoms with E-state index in [1.165, 1.54) is 0 Å². The van der Waals surface area contributed by atoms with Gasteiger partial charge in [-0.2, -0.15) is 0 Å². The molecule has 2 atom stereocenters. The van der Waals surface area contributed by atoms with Crippen molar-refractivity contribution in [3.05, 3.63) is 33.7 Å². The lowest BCUT2D eigenvalue weighted by Gasteiger charge is -2.41. The molecule has 7 heteroatoms. The fourth-order valence-electron chi connectivity index (χ4n) is 3.48. The Morgan fingerprint density at radius 2 is 2.00 bits per heavy atom. The third-order valence-electron chi connectivity index (χ3n) is 4.94. The molecule has 3 heterocycles. The second-order valence-electron chi connectivity index (χ2n) is 6.77. The SMILES string of the molecule is CC(C)c1ccc(C(=O)N2C[C@@H]3CCCN3C(=O)[C@@H]2C)c(=O)[nH]1.Cl. The monoisotopic (exact) mass is 353 g/mol. The largest absolute Gasteiger partial charge is 0.336 e. The van der Waals surface area contributed by atoms with Gasteiger partial charge in [-0.15, -0.1) is 12.4 Å². The van der Waals surface area contributed by atoms with Crippen LogP contribution >= 0.6 is 12.4 Å². The minimum atomic E-state index is -0.513. The second kappa shape index (κ2) is 6.97. The van der Waals surface area contributed by atoms with Crippen molar-refractivity contribution in [1.82, 2.24) is 14.8 Å². The Morgan fingerprint density at radius 3 is 2.62 bits per heavy atom. The lowest BCUT2D eigenvalue weighted by Crippen LogP contribution is -2.60. The number of carbonyl (C=O) groups excluding carboxylic acids is 2. The Morgan fingerprint density at radius 1 is 1.29 bits per heavy atom. The number of aromatic nitrogens is 1. The summed E-state index contributed by atoms with van der Waals surface area (Å²) in [5.41, 5.74) is 0.534. The van der Waals surface area contributed by atoms with Gasteiger partial charge in [0.15, 0.2) is 0 Å². The van der Waals surface area contributed by atoms with Crippen molar-refractivity contribution in [2.75, 3.05) is 13.1 Å². The molecule has 0 saturated carbocycles. The number of hydrogen-bond donors (Lipinski definition) is 1. The number of H-pyrrole nitrogens is 1. The van der Waals surface area contributed by atoms with Gasteiger partial charge in [-0.1, -0.05) is 13.8 Å². The van der Waals surface area contributed by atoms with Crippen LogP contribution in [0.3, 0.4) is 0 Å². The maximum absolute atomic E-state index is 12.8. The third-order valence-corrected chi connectivity index (χ3v) is 4.94. The van der Waals surface area contributed by atoms with Crippen molar-refractivity contribution in [2.24, 2.45) is 0 Å². The van der Waals surface area contributed by atoms with Crippen molar-refractivity contribution < 1.29 is 9.59 Å². The lowest BCUT2D eigenvalue weighted by atomic mass is 10.0. The van der Waals surface area contributed by atoms with Gasteiger partial charge in [0.05, 0.1) is 0 Å². The van der Waals surface area contributed by atoms with Crippen molar-refractivity contribution in [3.63, 3.8) is 0 Å². The normalized spacial score (nSPS) is 23.2. The summed E-state index contributed by atoms with van der Waals surface area (Å²) in [7, 11) is 0. The van der Waals surface area contributed by atoms with Gasteiger partial charge in [-0.3, -0.25) is 14.4 Å². The average Bonchev–Trinajstić information content (AvgIpc) is 2.98. The summed E-state index contributed by atoms with van der Waals surface area (Å²) < 4.78 is 0. The number of rotatable bonds is 2. The molecule has 0 bridgehead atoms. The van der Waals surface area contributed by atoms with Crippen LogP contribution in [-0.4, -0.2) is 51.8 Å². The number of hydrogen-bond acceptors (Lipinski definition) is 3. The van der Waals surface area contributed by atoms with Crippen LogP contribution < -0.4 is 5.56 Å². The van der Waals surface area contributed by atoms with E-state index in [-0.39, 0.29) is 47.3 Å². The number of piperazine rings is 1. The van der Waals surface area contributed by atoms with Crippen LogP contribution in [0.15, 0.2) is 16.9 Å². The molecule has 1 aromatic heterocycles. The average molecular weight is 354 g/mol. The molecule has 24 heavy (non-hydrogen) atoms. The molecular formula is C17H24ClN3O3. The highest BCUT2D eigenvalue weighted by Gasteiger charge is 2.42. The van der Waals surface area contributed by atoms with Crippen LogP contribution in [0.25, 0.3) is 0 Å². The Hall–Kier alpha value is -1.82. The van der Waals surface area contributed by atoms with Crippen LogP contribution in [0.2, 0.25) is 0 Å². The van der Waals surface area contributed by atoms with E-state index in [2.05, 4.69) is 4.98 Å². The summed E-state index contributed by atoms with van der Waals surface area (Å²) in [6, 6.07) is 2.93. The van der Waals surface area contributed by atoms with E-state index >= 15 is 0 Å². The van der Waals surface area contributed by atoms with Crippen LogP contribution in [0.1, 0.15) is 55.6 Å². The van der Waals surface area contributed by atoms with Gasteiger partial charge in [-0.25, -0.2) is 0 Å². The van der Waals surface area contributed by atoms with E-state index < -0.39 is 6.04 Å². The molecule has 3 rings (SSSR count). The molecule has 132 valence electrons. The fraction of sp³-hybridized carbons (Fsp3) is 0.588. The van der Waals surface area contributed by atoms with E-state index in [0.717, 1.165) is 25.1 Å². The molecule has 2 aliphatic rings. The van der Waals surface area contributed by atoms with E-state index in [9.17, 15) is 14.4 Å². The minimum Gasteiger partial charge on any atom is -0.336 e. The van der Waals surface area contributed by atoms with Gasteiger partial charge in [0.25, 0.3) is 11.5 Å². The number of carbonyl (C=O) groups is 2. The van der Waals surface area contributed by atoms with Crippen LogP contribution in [0.4, 0.5) is 0 Å². The van der Waals surface area contributed by atoms with Crippen LogP contribution in [0.5, 0.6) is 0 Å². The molecule has 2 amide bonds. The van der Waals surface area contributed by atoms with E-state index in [0.29, 0.717) is 6.54 Å². The maximum atomic E-state index is 12.8. The maximum Gasteiger partial charge on any atom is 0.261 e. The van der Waals surface area contributed by atoms with Gasteiger partial charge < -0.3 is 14.8 Å². The molecule has 1 aromatic rings. The highest BCUT2D eigenvalue weighted by Crippen LogP contribution is 2.26.